The van der Waals surface area contributed by atoms with E-state index in [0.717, 1.165) is 12.2 Å². The molecule has 0 N–H and O–H groups in total. The standard InChI is InChI=1S/C17H16ClN3/c1-2-15-19-20-17(18)21(15)16(13-9-5-3-6-10-13)14-11-7-4-8-12-14/h3-12,16H,2H2,1H3. The van der Waals surface area contributed by atoms with Crippen LogP contribution in [0.5, 0.6) is 0 Å². The Hall–Kier alpha value is -2.13. The minimum atomic E-state index is -0.00940. The molecule has 1 heterocycles. The maximum absolute atomic E-state index is 6.31. The SMILES string of the molecule is CCc1nnc(Cl)n1C(c1ccccc1)c1ccccc1. The molecule has 0 bridgehead atoms. The lowest BCUT2D eigenvalue weighted by molar-refractivity contribution is 0.638. The topological polar surface area (TPSA) is 30.7 Å². The Labute approximate surface area is 129 Å². The van der Waals surface area contributed by atoms with E-state index in [2.05, 4.69) is 41.4 Å². The predicted octanol–water partition coefficient (Wildman–Crippen LogP) is 4.13. The molecular weight excluding hydrogens is 282 g/mol. The first-order valence-electron chi connectivity index (χ1n) is 7.00. The minimum absolute atomic E-state index is 0.00940. The van der Waals surface area contributed by atoms with E-state index < -0.39 is 0 Å². The summed E-state index contributed by atoms with van der Waals surface area (Å²) in [5, 5.41) is 8.65. The molecule has 0 amide bonds. The fourth-order valence-corrected chi connectivity index (χ4v) is 2.79. The Kier molecular flexibility index (Phi) is 4.02. The summed E-state index contributed by atoms with van der Waals surface area (Å²) in [5.74, 6) is 0.887. The number of hydrogen-bond donors (Lipinski definition) is 0. The summed E-state index contributed by atoms with van der Waals surface area (Å²) in [6.07, 6.45) is 0.788. The maximum atomic E-state index is 6.31. The molecule has 0 atom stereocenters. The van der Waals surface area contributed by atoms with Crippen molar-refractivity contribution in [2.24, 2.45) is 0 Å². The zero-order chi connectivity index (χ0) is 14.7. The third-order valence-electron chi connectivity index (χ3n) is 3.53. The average Bonchev–Trinajstić information content (AvgIpc) is 2.91. The van der Waals surface area contributed by atoms with Crippen molar-refractivity contribution in [3.8, 4) is 0 Å². The van der Waals surface area contributed by atoms with Gasteiger partial charge in [0.15, 0.2) is 0 Å². The Morgan fingerprint density at radius 1 is 0.905 bits per heavy atom. The second-order valence-electron chi connectivity index (χ2n) is 4.83. The van der Waals surface area contributed by atoms with E-state index in [9.17, 15) is 0 Å². The molecule has 2 aromatic carbocycles. The van der Waals surface area contributed by atoms with Crippen molar-refractivity contribution >= 4 is 11.6 Å². The Balaban J connectivity index is 2.20. The largest absolute Gasteiger partial charge is 0.290 e. The fourth-order valence-electron chi connectivity index (χ4n) is 2.56. The van der Waals surface area contributed by atoms with Gasteiger partial charge in [0.1, 0.15) is 5.82 Å². The Morgan fingerprint density at radius 2 is 1.43 bits per heavy atom. The third kappa shape index (κ3) is 2.69. The molecule has 3 rings (SSSR count). The number of hydrogen-bond acceptors (Lipinski definition) is 2. The molecule has 21 heavy (non-hydrogen) atoms. The molecule has 0 spiro atoms. The average molecular weight is 298 g/mol. The highest BCUT2D eigenvalue weighted by Crippen LogP contribution is 2.30. The molecule has 4 heteroatoms. The molecule has 3 aromatic rings. The highest BCUT2D eigenvalue weighted by molar-refractivity contribution is 6.28. The fraction of sp³-hybridized carbons (Fsp3) is 0.176. The van der Waals surface area contributed by atoms with E-state index in [1.807, 2.05) is 41.0 Å². The first-order valence-corrected chi connectivity index (χ1v) is 7.38. The molecule has 0 fully saturated rings. The van der Waals surface area contributed by atoms with Crippen LogP contribution in [-0.2, 0) is 6.42 Å². The molecule has 106 valence electrons. The van der Waals surface area contributed by atoms with Gasteiger partial charge in [-0.3, -0.25) is 4.57 Å². The zero-order valence-corrected chi connectivity index (χ0v) is 12.5. The lowest BCUT2D eigenvalue weighted by Gasteiger charge is -2.21. The molecule has 0 saturated carbocycles. The Bertz CT molecular complexity index is 668. The number of aromatic nitrogens is 3. The second-order valence-corrected chi connectivity index (χ2v) is 5.17. The van der Waals surface area contributed by atoms with Gasteiger partial charge in [-0.1, -0.05) is 67.6 Å². The van der Waals surface area contributed by atoms with Crippen LogP contribution in [0.4, 0.5) is 0 Å². The first-order chi connectivity index (χ1) is 10.3. The van der Waals surface area contributed by atoms with Gasteiger partial charge in [0.25, 0.3) is 0 Å². The first kappa shape index (κ1) is 13.8. The highest BCUT2D eigenvalue weighted by Gasteiger charge is 2.22. The van der Waals surface area contributed by atoms with Crippen molar-refractivity contribution in [2.45, 2.75) is 19.4 Å². The van der Waals surface area contributed by atoms with Crippen molar-refractivity contribution in [3.05, 3.63) is 82.9 Å². The van der Waals surface area contributed by atoms with E-state index in [1.165, 1.54) is 11.1 Å². The van der Waals surface area contributed by atoms with Crippen LogP contribution in [0.25, 0.3) is 0 Å². The van der Waals surface area contributed by atoms with Gasteiger partial charge in [-0.2, -0.15) is 0 Å². The van der Waals surface area contributed by atoms with Crippen LogP contribution in [0, 0.1) is 0 Å². The summed E-state index contributed by atoms with van der Waals surface area (Å²) < 4.78 is 2.01. The van der Waals surface area contributed by atoms with E-state index in [4.69, 9.17) is 11.6 Å². The van der Waals surface area contributed by atoms with E-state index in [0.29, 0.717) is 5.28 Å². The quantitative estimate of drug-likeness (QED) is 0.725. The van der Waals surface area contributed by atoms with Gasteiger partial charge in [-0.15, -0.1) is 10.2 Å². The van der Waals surface area contributed by atoms with E-state index >= 15 is 0 Å². The summed E-state index contributed by atoms with van der Waals surface area (Å²) in [5.41, 5.74) is 2.33. The second kappa shape index (κ2) is 6.10. The van der Waals surface area contributed by atoms with Crippen LogP contribution in [0.3, 0.4) is 0 Å². The lowest BCUT2D eigenvalue weighted by atomic mass is 9.98. The molecular formula is C17H16ClN3. The van der Waals surface area contributed by atoms with Gasteiger partial charge in [0, 0.05) is 6.42 Å². The van der Waals surface area contributed by atoms with E-state index in [-0.39, 0.29) is 6.04 Å². The molecule has 0 saturated heterocycles. The summed E-state index contributed by atoms with van der Waals surface area (Å²) in [7, 11) is 0. The maximum Gasteiger partial charge on any atom is 0.225 e. The van der Waals surface area contributed by atoms with Crippen LogP contribution in [0.15, 0.2) is 60.7 Å². The number of rotatable bonds is 4. The predicted molar refractivity (Wildman–Crippen MR) is 84.5 cm³/mol. The van der Waals surface area contributed by atoms with Gasteiger partial charge in [-0.25, -0.2) is 0 Å². The molecule has 0 radical (unpaired) electrons. The molecule has 1 aromatic heterocycles. The van der Waals surface area contributed by atoms with Crippen LogP contribution < -0.4 is 0 Å². The van der Waals surface area contributed by atoms with Crippen LogP contribution in [-0.4, -0.2) is 14.8 Å². The number of aryl methyl sites for hydroxylation is 1. The summed E-state index contributed by atoms with van der Waals surface area (Å²) in [6, 6.07) is 20.6. The van der Waals surface area contributed by atoms with Crippen LogP contribution in [0.2, 0.25) is 5.28 Å². The molecule has 0 aliphatic carbocycles. The third-order valence-corrected chi connectivity index (χ3v) is 3.79. The minimum Gasteiger partial charge on any atom is -0.290 e. The molecule has 0 unspecified atom stereocenters. The van der Waals surface area contributed by atoms with Gasteiger partial charge in [0.05, 0.1) is 6.04 Å². The lowest BCUT2D eigenvalue weighted by Crippen LogP contribution is -2.15. The number of benzene rings is 2. The molecule has 3 nitrogen and oxygen atoms in total. The number of halogens is 1. The van der Waals surface area contributed by atoms with Crippen LogP contribution in [0.1, 0.15) is 29.9 Å². The van der Waals surface area contributed by atoms with Crippen molar-refractivity contribution in [1.29, 1.82) is 0 Å². The smallest absolute Gasteiger partial charge is 0.225 e. The van der Waals surface area contributed by atoms with Crippen molar-refractivity contribution in [3.63, 3.8) is 0 Å². The summed E-state index contributed by atoms with van der Waals surface area (Å²) >= 11 is 6.31. The number of nitrogens with zero attached hydrogens (tertiary/aromatic N) is 3. The highest BCUT2D eigenvalue weighted by atomic mass is 35.5. The van der Waals surface area contributed by atoms with Gasteiger partial charge in [-0.05, 0) is 22.7 Å². The van der Waals surface area contributed by atoms with Crippen molar-refractivity contribution < 1.29 is 0 Å². The zero-order valence-electron chi connectivity index (χ0n) is 11.8. The monoisotopic (exact) mass is 297 g/mol. The van der Waals surface area contributed by atoms with Crippen LogP contribution >= 0.6 is 11.6 Å². The van der Waals surface area contributed by atoms with Crippen molar-refractivity contribution in [1.82, 2.24) is 14.8 Å². The molecule has 0 aliphatic rings. The summed E-state index contributed by atoms with van der Waals surface area (Å²) in [6.45, 7) is 2.06. The van der Waals surface area contributed by atoms with E-state index in [1.54, 1.807) is 0 Å². The normalized spacial score (nSPS) is 11.0. The van der Waals surface area contributed by atoms with Gasteiger partial charge in [0.2, 0.25) is 5.28 Å². The molecule has 0 aliphatic heterocycles. The Morgan fingerprint density at radius 3 is 1.90 bits per heavy atom. The van der Waals surface area contributed by atoms with Gasteiger partial charge >= 0.3 is 0 Å². The van der Waals surface area contributed by atoms with Gasteiger partial charge < -0.3 is 0 Å². The summed E-state index contributed by atoms with van der Waals surface area (Å²) in [4.78, 5) is 0. The van der Waals surface area contributed by atoms with Crippen molar-refractivity contribution in [2.75, 3.05) is 0 Å².